The molecule has 1 N–H and O–H groups in total. The summed E-state index contributed by atoms with van der Waals surface area (Å²) in [6.07, 6.45) is 2.85. The van der Waals surface area contributed by atoms with E-state index in [0.29, 0.717) is 22.9 Å². The number of pyridine rings is 1. The maximum absolute atomic E-state index is 13.7. The van der Waals surface area contributed by atoms with Crippen molar-refractivity contribution in [3.63, 3.8) is 0 Å². The molecule has 0 aliphatic carbocycles. The number of anilines is 1. The van der Waals surface area contributed by atoms with Crippen molar-refractivity contribution in [2.75, 3.05) is 26.6 Å². The third-order valence-corrected chi connectivity index (χ3v) is 6.18. The fourth-order valence-electron chi connectivity index (χ4n) is 4.48. The van der Waals surface area contributed by atoms with Crippen molar-refractivity contribution in [1.29, 1.82) is 0 Å². The summed E-state index contributed by atoms with van der Waals surface area (Å²) in [6.45, 7) is 0.766. The number of carbonyl (C=O) groups excluding carboxylic acids is 1. The summed E-state index contributed by atoms with van der Waals surface area (Å²) in [5, 5.41) is 4.69. The van der Waals surface area contributed by atoms with Crippen molar-refractivity contribution in [3.05, 3.63) is 77.7 Å². The zero-order valence-corrected chi connectivity index (χ0v) is 19.1. The van der Waals surface area contributed by atoms with Gasteiger partial charge >= 0.3 is 0 Å². The number of ether oxygens (including phenoxy) is 3. The van der Waals surface area contributed by atoms with E-state index in [2.05, 4.69) is 16.0 Å². The average molecular weight is 459 g/mol. The third kappa shape index (κ3) is 3.69. The van der Waals surface area contributed by atoms with E-state index in [0.717, 1.165) is 35.0 Å². The van der Waals surface area contributed by atoms with E-state index >= 15 is 0 Å². The minimum absolute atomic E-state index is 0.236. The first kappa shape index (κ1) is 21.7. The number of aromatic nitrogens is 1. The SMILES string of the molecule is COc1cc2c(cc1OC)-c1cc3ccc(OC)c(NC(=O)c4cccc(F)c4)c3c[n+]1CC2. The molecule has 5 rings (SSSR count). The number of fused-ring (bicyclic) bond motifs is 4. The van der Waals surface area contributed by atoms with Gasteiger partial charge in [-0.3, -0.25) is 4.79 Å². The second kappa shape index (κ2) is 8.67. The highest BCUT2D eigenvalue weighted by atomic mass is 19.1. The molecule has 1 aromatic heterocycles. The number of halogens is 1. The smallest absolute Gasteiger partial charge is 0.255 e. The molecule has 1 aliphatic rings. The molecule has 0 spiro atoms. The van der Waals surface area contributed by atoms with Crippen molar-refractivity contribution in [1.82, 2.24) is 0 Å². The summed E-state index contributed by atoms with van der Waals surface area (Å²) in [7, 11) is 4.82. The second-order valence-electron chi connectivity index (χ2n) is 8.08. The molecule has 172 valence electrons. The van der Waals surface area contributed by atoms with Crippen molar-refractivity contribution in [2.24, 2.45) is 0 Å². The lowest BCUT2D eigenvalue weighted by Crippen LogP contribution is -2.40. The molecule has 6 nitrogen and oxygen atoms in total. The third-order valence-electron chi connectivity index (χ3n) is 6.18. The van der Waals surface area contributed by atoms with Gasteiger partial charge in [-0.15, -0.1) is 0 Å². The normalized spacial score (nSPS) is 12.0. The molecule has 0 saturated carbocycles. The van der Waals surface area contributed by atoms with Gasteiger partial charge in [0.2, 0.25) is 5.69 Å². The Labute approximate surface area is 196 Å². The number of benzene rings is 3. The number of amides is 1. The number of hydrogen-bond acceptors (Lipinski definition) is 4. The van der Waals surface area contributed by atoms with Crippen LogP contribution in [-0.2, 0) is 13.0 Å². The van der Waals surface area contributed by atoms with Gasteiger partial charge in [-0.05, 0) is 47.3 Å². The fraction of sp³-hybridized carbons (Fsp3) is 0.185. The van der Waals surface area contributed by atoms with Gasteiger partial charge in [-0.2, -0.15) is 4.57 Å². The number of nitrogens with one attached hydrogen (secondary N) is 1. The van der Waals surface area contributed by atoms with Crippen LogP contribution < -0.4 is 24.1 Å². The summed E-state index contributed by atoms with van der Waals surface area (Å²) >= 11 is 0. The maximum Gasteiger partial charge on any atom is 0.255 e. The van der Waals surface area contributed by atoms with Gasteiger partial charge in [0.15, 0.2) is 24.2 Å². The predicted molar refractivity (Wildman–Crippen MR) is 127 cm³/mol. The number of nitrogens with zero attached hydrogens (tertiary/aromatic N) is 1. The van der Waals surface area contributed by atoms with Crippen molar-refractivity contribution in [2.45, 2.75) is 13.0 Å². The van der Waals surface area contributed by atoms with E-state index in [1.165, 1.54) is 23.8 Å². The van der Waals surface area contributed by atoms with E-state index in [1.807, 2.05) is 30.5 Å². The van der Waals surface area contributed by atoms with Crippen LogP contribution in [-0.4, -0.2) is 27.2 Å². The molecule has 7 heteroatoms. The molecule has 4 aromatic rings. The van der Waals surface area contributed by atoms with E-state index in [9.17, 15) is 9.18 Å². The molecule has 1 aliphatic heterocycles. The Balaban J connectivity index is 1.63. The van der Waals surface area contributed by atoms with Crippen LogP contribution in [0.25, 0.3) is 22.0 Å². The molecule has 0 unspecified atom stereocenters. The zero-order chi connectivity index (χ0) is 23.8. The minimum atomic E-state index is -0.465. The van der Waals surface area contributed by atoms with Crippen LogP contribution in [0.1, 0.15) is 15.9 Å². The Morgan fingerprint density at radius 3 is 2.44 bits per heavy atom. The van der Waals surface area contributed by atoms with Crippen LogP contribution >= 0.6 is 0 Å². The number of aryl methyl sites for hydroxylation is 2. The molecule has 0 bridgehead atoms. The van der Waals surface area contributed by atoms with Gasteiger partial charge in [0.05, 0.1) is 38.0 Å². The number of rotatable bonds is 5. The molecule has 1 amide bonds. The molecule has 0 saturated heterocycles. The van der Waals surface area contributed by atoms with Crippen LogP contribution in [0.15, 0.2) is 60.8 Å². The molecule has 34 heavy (non-hydrogen) atoms. The first-order valence-corrected chi connectivity index (χ1v) is 10.9. The lowest BCUT2D eigenvalue weighted by Gasteiger charge is -2.19. The molecular weight excluding hydrogens is 435 g/mol. The van der Waals surface area contributed by atoms with E-state index in [4.69, 9.17) is 14.2 Å². The predicted octanol–water partition coefficient (Wildman–Crippen LogP) is 4.77. The number of hydrogen-bond donors (Lipinski definition) is 1. The average Bonchev–Trinajstić information content (AvgIpc) is 2.86. The molecule has 3 aromatic carbocycles. The quantitative estimate of drug-likeness (QED) is 0.437. The minimum Gasteiger partial charge on any atom is -0.495 e. The largest absolute Gasteiger partial charge is 0.495 e. The van der Waals surface area contributed by atoms with Gasteiger partial charge in [0, 0.05) is 18.1 Å². The number of carbonyl (C=O) groups is 1. The first-order valence-electron chi connectivity index (χ1n) is 10.9. The van der Waals surface area contributed by atoms with Crippen LogP contribution in [0.2, 0.25) is 0 Å². The Morgan fingerprint density at radius 1 is 0.941 bits per heavy atom. The second-order valence-corrected chi connectivity index (χ2v) is 8.08. The van der Waals surface area contributed by atoms with Crippen molar-refractivity contribution >= 4 is 22.4 Å². The Bertz CT molecular complexity index is 1430. The molecule has 0 fully saturated rings. The summed E-state index contributed by atoms with van der Waals surface area (Å²) in [4.78, 5) is 12.9. The van der Waals surface area contributed by atoms with Gasteiger partial charge < -0.3 is 19.5 Å². The molecule has 0 radical (unpaired) electrons. The first-order chi connectivity index (χ1) is 16.5. The summed E-state index contributed by atoms with van der Waals surface area (Å²) < 4.78 is 32.4. The highest BCUT2D eigenvalue weighted by Crippen LogP contribution is 2.39. The molecular formula is C27H24FN2O4+. The van der Waals surface area contributed by atoms with Crippen molar-refractivity contribution < 1.29 is 28.0 Å². The zero-order valence-electron chi connectivity index (χ0n) is 19.1. The summed E-state index contributed by atoms with van der Waals surface area (Å²) in [6, 6.07) is 15.5. The van der Waals surface area contributed by atoms with Crippen LogP contribution in [0.4, 0.5) is 10.1 Å². The van der Waals surface area contributed by atoms with E-state index in [-0.39, 0.29) is 5.56 Å². The Morgan fingerprint density at radius 2 is 1.71 bits per heavy atom. The van der Waals surface area contributed by atoms with Crippen molar-refractivity contribution in [3.8, 4) is 28.5 Å². The highest BCUT2D eigenvalue weighted by Gasteiger charge is 2.27. The summed E-state index contributed by atoms with van der Waals surface area (Å²) in [5.74, 6) is 1.04. The maximum atomic E-state index is 13.7. The monoisotopic (exact) mass is 459 g/mol. The van der Waals surface area contributed by atoms with Gasteiger partial charge in [0.1, 0.15) is 11.6 Å². The lowest BCUT2D eigenvalue weighted by atomic mass is 9.95. The molecule has 2 heterocycles. The highest BCUT2D eigenvalue weighted by molar-refractivity contribution is 6.10. The van der Waals surface area contributed by atoms with Crippen LogP contribution in [0, 0.1) is 5.82 Å². The van der Waals surface area contributed by atoms with E-state index in [1.54, 1.807) is 27.4 Å². The van der Waals surface area contributed by atoms with Gasteiger partial charge in [0.25, 0.3) is 5.91 Å². The van der Waals surface area contributed by atoms with Gasteiger partial charge in [-0.1, -0.05) is 12.1 Å². The molecule has 0 atom stereocenters. The standard InChI is InChI=1S/C27H23FN2O4/c1-32-23-8-7-16-12-22-20-14-25(34-3)24(33-2)13-17(20)9-10-30(22)15-21(16)26(23)29-27(31)18-5-4-6-19(28)11-18/h4-8,11-15H,9-10H2,1-3H3/p+1. The van der Waals surface area contributed by atoms with Crippen LogP contribution in [0.3, 0.4) is 0 Å². The Hall–Kier alpha value is -4.13. The van der Waals surface area contributed by atoms with Gasteiger partial charge in [-0.25, -0.2) is 4.39 Å². The number of methoxy groups -OCH3 is 3. The fourth-order valence-corrected chi connectivity index (χ4v) is 4.48. The Kier molecular flexibility index (Phi) is 5.53. The topological polar surface area (TPSA) is 60.7 Å². The van der Waals surface area contributed by atoms with Crippen LogP contribution in [0.5, 0.6) is 17.2 Å². The van der Waals surface area contributed by atoms with E-state index < -0.39 is 11.7 Å². The summed E-state index contributed by atoms with van der Waals surface area (Å²) in [5.41, 5.74) is 4.08. The lowest BCUT2D eigenvalue weighted by molar-refractivity contribution is -0.686.